The van der Waals surface area contributed by atoms with Gasteiger partial charge in [0.05, 0.1) is 0 Å². The maximum Gasteiger partial charge on any atom is 0.221 e. The number of benzene rings is 1. The van der Waals surface area contributed by atoms with Crippen LogP contribution in [0.3, 0.4) is 0 Å². The molecule has 1 aromatic rings. The van der Waals surface area contributed by atoms with Gasteiger partial charge in [-0.3, -0.25) is 4.79 Å². The minimum Gasteiger partial charge on any atom is -0.326 e. The second-order valence-corrected chi connectivity index (χ2v) is 5.26. The molecule has 1 rings (SSSR count). The van der Waals surface area contributed by atoms with E-state index >= 15 is 0 Å². The van der Waals surface area contributed by atoms with Crippen molar-refractivity contribution < 1.29 is 4.79 Å². The normalized spacial score (nSPS) is 12.2. The summed E-state index contributed by atoms with van der Waals surface area (Å²) < 4.78 is 0. The van der Waals surface area contributed by atoms with Crippen LogP contribution >= 0.6 is 15.9 Å². The van der Waals surface area contributed by atoms with Gasteiger partial charge in [0.1, 0.15) is 0 Å². The Morgan fingerprint density at radius 2 is 2.00 bits per heavy atom. The summed E-state index contributed by atoms with van der Waals surface area (Å²) in [6.07, 6.45) is 3.42. The van der Waals surface area contributed by atoms with E-state index in [2.05, 4.69) is 40.3 Å². The van der Waals surface area contributed by atoms with Gasteiger partial charge in [-0.2, -0.15) is 0 Å². The Hall–Kier alpha value is -0.830. The fraction of sp³-hybridized carbons (Fsp3) is 0.462. The molecule has 0 fully saturated rings. The summed E-state index contributed by atoms with van der Waals surface area (Å²) in [7, 11) is 0. The zero-order chi connectivity index (χ0) is 12.0. The maximum absolute atomic E-state index is 10.8. The van der Waals surface area contributed by atoms with Crippen LogP contribution in [0, 0.1) is 0 Å². The van der Waals surface area contributed by atoms with E-state index in [1.165, 1.54) is 25.3 Å². The zero-order valence-electron chi connectivity index (χ0n) is 9.79. The molecule has 0 bridgehead atoms. The Kier molecular flexibility index (Phi) is 5.53. The van der Waals surface area contributed by atoms with E-state index in [0.717, 1.165) is 12.1 Å². The zero-order valence-corrected chi connectivity index (χ0v) is 11.4. The number of hydrogen-bond donors (Lipinski definition) is 1. The lowest BCUT2D eigenvalue weighted by Crippen LogP contribution is -2.06. The molecular formula is C13H18BrNO. The van der Waals surface area contributed by atoms with Crippen molar-refractivity contribution in [1.29, 1.82) is 0 Å². The minimum absolute atomic E-state index is 0.0305. The van der Waals surface area contributed by atoms with Crippen LogP contribution in [0.2, 0.25) is 0 Å². The SMILES string of the molecule is CCCC(Br)Cc1ccc(NC(C)=O)cc1. The van der Waals surface area contributed by atoms with Crippen molar-refractivity contribution in [3.63, 3.8) is 0 Å². The fourth-order valence-electron chi connectivity index (χ4n) is 1.60. The van der Waals surface area contributed by atoms with Crippen molar-refractivity contribution in [1.82, 2.24) is 0 Å². The molecule has 0 saturated carbocycles. The van der Waals surface area contributed by atoms with Crippen LogP contribution in [0.15, 0.2) is 24.3 Å². The van der Waals surface area contributed by atoms with Crippen molar-refractivity contribution in [2.75, 3.05) is 5.32 Å². The highest BCUT2D eigenvalue weighted by molar-refractivity contribution is 9.09. The lowest BCUT2D eigenvalue weighted by atomic mass is 10.1. The second-order valence-electron chi connectivity index (χ2n) is 3.97. The van der Waals surface area contributed by atoms with Gasteiger partial charge in [-0.15, -0.1) is 0 Å². The first-order chi connectivity index (χ1) is 7.61. The van der Waals surface area contributed by atoms with Gasteiger partial charge < -0.3 is 5.32 Å². The fourth-order valence-corrected chi connectivity index (χ4v) is 2.43. The summed E-state index contributed by atoms with van der Waals surface area (Å²) in [5, 5.41) is 2.76. The molecule has 0 aliphatic heterocycles. The highest BCUT2D eigenvalue weighted by Crippen LogP contribution is 2.17. The molecule has 1 aromatic carbocycles. The molecule has 3 heteroatoms. The van der Waals surface area contributed by atoms with E-state index < -0.39 is 0 Å². The van der Waals surface area contributed by atoms with Crippen molar-refractivity contribution in [3.05, 3.63) is 29.8 Å². The first-order valence-electron chi connectivity index (χ1n) is 5.62. The minimum atomic E-state index is -0.0305. The molecule has 0 aromatic heterocycles. The number of carbonyl (C=O) groups excluding carboxylic acids is 1. The molecule has 0 aliphatic carbocycles. The lowest BCUT2D eigenvalue weighted by molar-refractivity contribution is -0.114. The smallest absolute Gasteiger partial charge is 0.221 e. The van der Waals surface area contributed by atoms with E-state index in [1.54, 1.807) is 0 Å². The number of halogens is 1. The number of anilines is 1. The third-order valence-corrected chi connectivity index (χ3v) is 3.11. The van der Waals surface area contributed by atoms with Crippen LogP contribution in [0.25, 0.3) is 0 Å². The van der Waals surface area contributed by atoms with E-state index in [9.17, 15) is 4.79 Å². The third kappa shape index (κ3) is 4.79. The molecule has 0 heterocycles. The van der Waals surface area contributed by atoms with Crippen molar-refractivity contribution >= 4 is 27.5 Å². The Morgan fingerprint density at radius 3 is 2.50 bits per heavy atom. The maximum atomic E-state index is 10.8. The molecule has 1 atom stereocenters. The molecular weight excluding hydrogens is 266 g/mol. The topological polar surface area (TPSA) is 29.1 Å². The summed E-state index contributed by atoms with van der Waals surface area (Å²) in [5.74, 6) is -0.0305. The molecule has 0 aliphatic rings. The number of alkyl halides is 1. The Morgan fingerprint density at radius 1 is 1.38 bits per heavy atom. The van der Waals surface area contributed by atoms with E-state index in [4.69, 9.17) is 0 Å². The predicted octanol–water partition coefficient (Wildman–Crippen LogP) is 3.75. The highest BCUT2D eigenvalue weighted by Gasteiger charge is 2.04. The second kappa shape index (κ2) is 6.69. The lowest BCUT2D eigenvalue weighted by Gasteiger charge is -2.09. The van der Waals surface area contributed by atoms with E-state index in [-0.39, 0.29) is 5.91 Å². The van der Waals surface area contributed by atoms with Gasteiger partial charge in [-0.1, -0.05) is 41.4 Å². The summed E-state index contributed by atoms with van der Waals surface area (Å²) in [6, 6.07) is 8.02. The van der Waals surface area contributed by atoms with E-state index in [0.29, 0.717) is 4.83 Å². The largest absolute Gasteiger partial charge is 0.326 e. The van der Waals surface area contributed by atoms with Crippen LogP contribution in [0.1, 0.15) is 32.3 Å². The Balaban J connectivity index is 2.54. The predicted molar refractivity (Wildman–Crippen MR) is 72.1 cm³/mol. The van der Waals surface area contributed by atoms with Gasteiger partial charge in [-0.25, -0.2) is 0 Å². The monoisotopic (exact) mass is 283 g/mol. The van der Waals surface area contributed by atoms with Crippen molar-refractivity contribution in [2.24, 2.45) is 0 Å². The van der Waals surface area contributed by atoms with Crippen molar-refractivity contribution in [3.8, 4) is 0 Å². The molecule has 1 N–H and O–H groups in total. The molecule has 0 spiro atoms. The average Bonchev–Trinajstić information content (AvgIpc) is 2.20. The average molecular weight is 284 g/mol. The Bertz CT molecular complexity index is 334. The number of nitrogens with one attached hydrogen (secondary N) is 1. The van der Waals surface area contributed by atoms with E-state index in [1.807, 2.05) is 12.1 Å². The molecule has 88 valence electrons. The summed E-state index contributed by atoms with van der Waals surface area (Å²) >= 11 is 3.66. The van der Waals surface area contributed by atoms with Crippen LogP contribution < -0.4 is 5.32 Å². The number of hydrogen-bond acceptors (Lipinski definition) is 1. The third-order valence-electron chi connectivity index (χ3n) is 2.33. The molecule has 1 amide bonds. The standard InChI is InChI=1S/C13H18BrNO/c1-3-4-12(14)9-11-5-7-13(8-6-11)15-10(2)16/h5-8,12H,3-4,9H2,1-2H3,(H,15,16). The van der Waals surface area contributed by atoms with Crippen LogP contribution in [0.4, 0.5) is 5.69 Å². The van der Waals surface area contributed by atoms with Crippen molar-refractivity contribution in [2.45, 2.75) is 37.9 Å². The molecule has 0 saturated heterocycles. The van der Waals surface area contributed by atoms with Gasteiger partial charge in [-0.05, 0) is 30.5 Å². The van der Waals surface area contributed by atoms with Gasteiger partial charge in [0, 0.05) is 17.4 Å². The molecule has 0 radical (unpaired) electrons. The van der Waals surface area contributed by atoms with Gasteiger partial charge >= 0.3 is 0 Å². The summed E-state index contributed by atoms with van der Waals surface area (Å²) in [5.41, 5.74) is 2.15. The summed E-state index contributed by atoms with van der Waals surface area (Å²) in [6.45, 7) is 3.71. The van der Waals surface area contributed by atoms with Gasteiger partial charge in [0.25, 0.3) is 0 Å². The van der Waals surface area contributed by atoms with Crippen LogP contribution in [0.5, 0.6) is 0 Å². The molecule has 2 nitrogen and oxygen atoms in total. The number of carbonyl (C=O) groups is 1. The number of rotatable bonds is 5. The molecule has 1 unspecified atom stereocenters. The molecule has 16 heavy (non-hydrogen) atoms. The number of amides is 1. The van der Waals surface area contributed by atoms with Gasteiger partial charge in [0.2, 0.25) is 5.91 Å². The van der Waals surface area contributed by atoms with Gasteiger partial charge in [0.15, 0.2) is 0 Å². The van der Waals surface area contributed by atoms with Crippen LogP contribution in [-0.4, -0.2) is 10.7 Å². The Labute approximate surface area is 106 Å². The first-order valence-corrected chi connectivity index (χ1v) is 6.54. The summed E-state index contributed by atoms with van der Waals surface area (Å²) in [4.78, 5) is 11.4. The highest BCUT2D eigenvalue weighted by atomic mass is 79.9. The van der Waals surface area contributed by atoms with Crippen LogP contribution in [-0.2, 0) is 11.2 Å². The first kappa shape index (κ1) is 13.2. The quantitative estimate of drug-likeness (QED) is 0.820.